The molecule has 5 heteroatoms. The number of carbonyl (C=O) groups excluding carboxylic acids is 1. The first-order chi connectivity index (χ1) is 14.2. The zero-order valence-corrected chi connectivity index (χ0v) is 17.8. The van der Waals surface area contributed by atoms with Gasteiger partial charge < -0.3 is 15.5 Å². The van der Waals surface area contributed by atoms with E-state index in [0.29, 0.717) is 18.4 Å². The van der Waals surface area contributed by atoms with E-state index in [4.69, 9.17) is 0 Å². The minimum Gasteiger partial charge on any atom is -0.356 e. The Kier molecular flexibility index (Phi) is 6.73. The van der Waals surface area contributed by atoms with E-state index in [1.54, 1.807) is 0 Å². The second kappa shape index (κ2) is 9.64. The van der Waals surface area contributed by atoms with Crippen LogP contribution in [0.3, 0.4) is 0 Å². The Labute approximate surface area is 175 Å². The third kappa shape index (κ3) is 5.52. The Balaban J connectivity index is 1.17. The molecule has 0 spiro atoms. The van der Waals surface area contributed by atoms with Gasteiger partial charge in [0.05, 0.1) is 0 Å². The molecule has 3 unspecified atom stereocenters. The summed E-state index contributed by atoms with van der Waals surface area (Å²) in [7, 11) is 1.85. The highest BCUT2D eigenvalue weighted by atomic mass is 16.2. The van der Waals surface area contributed by atoms with Gasteiger partial charge in [-0.15, -0.1) is 0 Å². The first-order valence-corrected chi connectivity index (χ1v) is 11.5. The van der Waals surface area contributed by atoms with Gasteiger partial charge in [0.2, 0.25) is 5.91 Å². The lowest BCUT2D eigenvalue weighted by Crippen LogP contribution is -2.42. The molecule has 3 aliphatic rings. The van der Waals surface area contributed by atoms with Crippen LogP contribution in [0.5, 0.6) is 0 Å². The Morgan fingerprint density at radius 1 is 1.17 bits per heavy atom. The van der Waals surface area contributed by atoms with Gasteiger partial charge in [0.1, 0.15) is 0 Å². The summed E-state index contributed by atoms with van der Waals surface area (Å²) in [6, 6.07) is 11.0. The van der Waals surface area contributed by atoms with Gasteiger partial charge in [0.25, 0.3) is 0 Å². The van der Waals surface area contributed by atoms with Crippen molar-refractivity contribution in [1.29, 1.82) is 0 Å². The standard InChI is InChI=1S/C24H36N4O/c1-25-24(27-22-15-21(22)20-10-6-3-7-11-20)26-16-19-14-23(29)28(17-19)13-12-18-8-4-2-5-9-18/h2,4-5,8-9,19-22H,3,6-7,10-17H2,1H3,(H2,25,26,27). The molecular formula is C24H36N4O. The van der Waals surface area contributed by atoms with Crippen molar-refractivity contribution < 1.29 is 4.79 Å². The van der Waals surface area contributed by atoms with Gasteiger partial charge in [-0.2, -0.15) is 0 Å². The first-order valence-electron chi connectivity index (χ1n) is 11.5. The van der Waals surface area contributed by atoms with Gasteiger partial charge in [0.15, 0.2) is 5.96 Å². The quantitative estimate of drug-likeness (QED) is 0.550. The van der Waals surface area contributed by atoms with E-state index >= 15 is 0 Å². The molecule has 1 amide bonds. The number of likely N-dealkylation sites (tertiary alicyclic amines) is 1. The summed E-state index contributed by atoms with van der Waals surface area (Å²) in [5.41, 5.74) is 1.29. The lowest BCUT2D eigenvalue weighted by Gasteiger charge is -2.22. The molecule has 1 aliphatic heterocycles. The van der Waals surface area contributed by atoms with Crippen LogP contribution < -0.4 is 10.6 Å². The number of amides is 1. The van der Waals surface area contributed by atoms with E-state index in [-0.39, 0.29) is 5.91 Å². The number of hydrogen-bond acceptors (Lipinski definition) is 2. The molecule has 29 heavy (non-hydrogen) atoms. The maximum Gasteiger partial charge on any atom is 0.223 e. The average Bonchev–Trinajstić information content (AvgIpc) is 3.45. The highest BCUT2D eigenvalue weighted by molar-refractivity contribution is 5.81. The van der Waals surface area contributed by atoms with Crippen LogP contribution in [0, 0.1) is 17.8 Å². The van der Waals surface area contributed by atoms with E-state index in [0.717, 1.165) is 43.9 Å². The number of rotatable bonds is 7. The normalized spacial score (nSPS) is 27.9. The van der Waals surface area contributed by atoms with Crippen molar-refractivity contribution in [2.45, 2.75) is 57.4 Å². The molecule has 1 aromatic rings. The predicted octanol–water partition coefficient (Wildman–Crippen LogP) is 3.21. The third-order valence-corrected chi connectivity index (χ3v) is 7.01. The molecule has 1 saturated heterocycles. The first kappa shape index (κ1) is 20.2. The van der Waals surface area contributed by atoms with Crippen molar-refractivity contribution >= 4 is 11.9 Å². The van der Waals surface area contributed by atoms with Crippen LogP contribution in [0.15, 0.2) is 35.3 Å². The molecule has 158 valence electrons. The molecule has 5 nitrogen and oxygen atoms in total. The molecule has 1 aromatic carbocycles. The highest BCUT2D eigenvalue weighted by Gasteiger charge is 2.43. The number of aliphatic imine (C=N–C) groups is 1. The summed E-state index contributed by atoms with van der Waals surface area (Å²) in [4.78, 5) is 18.8. The second-order valence-corrected chi connectivity index (χ2v) is 9.15. The second-order valence-electron chi connectivity index (χ2n) is 9.15. The molecule has 2 N–H and O–H groups in total. The van der Waals surface area contributed by atoms with Crippen molar-refractivity contribution in [2.75, 3.05) is 26.7 Å². The number of nitrogens with one attached hydrogen (secondary N) is 2. The van der Waals surface area contributed by atoms with Crippen LogP contribution in [-0.4, -0.2) is 49.5 Å². The van der Waals surface area contributed by atoms with Crippen LogP contribution in [0.2, 0.25) is 0 Å². The predicted molar refractivity (Wildman–Crippen MR) is 118 cm³/mol. The SMILES string of the molecule is CN=C(NCC1CC(=O)N(CCc2ccccc2)C1)NC1CC1C1CCCCC1. The van der Waals surface area contributed by atoms with Gasteiger partial charge in [0, 0.05) is 45.1 Å². The molecule has 2 saturated carbocycles. The minimum atomic E-state index is 0.287. The van der Waals surface area contributed by atoms with E-state index in [9.17, 15) is 4.79 Å². The lowest BCUT2D eigenvalue weighted by molar-refractivity contribution is -0.127. The Hall–Kier alpha value is -2.04. The molecule has 4 rings (SSSR count). The van der Waals surface area contributed by atoms with Crippen molar-refractivity contribution in [3.05, 3.63) is 35.9 Å². The molecule has 0 radical (unpaired) electrons. The van der Waals surface area contributed by atoms with Gasteiger partial charge in [-0.1, -0.05) is 62.4 Å². The summed E-state index contributed by atoms with van der Waals surface area (Å²) in [5, 5.41) is 7.10. The number of guanidine groups is 1. The Morgan fingerprint density at radius 3 is 2.72 bits per heavy atom. The fourth-order valence-corrected chi connectivity index (χ4v) is 5.19. The Morgan fingerprint density at radius 2 is 1.97 bits per heavy atom. The van der Waals surface area contributed by atoms with E-state index in [1.807, 2.05) is 18.0 Å². The van der Waals surface area contributed by atoms with Crippen molar-refractivity contribution in [3.63, 3.8) is 0 Å². The van der Waals surface area contributed by atoms with Crippen molar-refractivity contribution in [2.24, 2.45) is 22.7 Å². The van der Waals surface area contributed by atoms with Crippen LogP contribution >= 0.6 is 0 Å². The fourth-order valence-electron chi connectivity index (χ4n) is 5.19. The largest absolute Gasteiger partial charge is 0.356 e. The molecule has 1 heterocycles. The summed E-state index contributed by atoms with van der Waals surface area (Å²) in [6.45, 7) is 2.48. The molecule has 2 aliphatic carbocycles. The molecular weight excluding hydrogens is 360 g/mol. The Bertz CT molecular complexity index is 698. The van der Waals surface area contributed by atoms with Gasteiger partial charge >= 0.3 is 0 Å². The molecule has 0 bridgehead atoms. The maximum absolute atomic E-state index is 12.4. The van der Waals surface area contributed by atoms with Crippen LogP contribution in [0.1, 0.15) is 50.5 Å². The van der Waals surface area contributed by atoms with Crippen molar-refractivity contribution in [3.8, 4) is 0 Å². The summed E-state index contributed by atoms with van der Waals surface area (Å²) < 4.78 is 0. The molecule has 3 fully saturated rings. The van der Waals surface area contributed by atoms with Crippen molar-refractivity contribution in [1.82, 2.24) is 15.5 Å². The topological polar surface area (TPSA) is 56.7 Å². The summed E-state index contributed by atoms with van der Waals surface area (Å²) in [6.07, 6.45) is 9.95. The van der Waals surface area contributed by atoms with E-state index < -0.39 is 0 Å². The fraction of sp³-hybridized carbons (Fsp3) is 0.667. The van der Waals surface area contributed by atoms with E-state index in [1.165, 1.54) is 44.1 Å². The summed E-state index contributed by atoms with van der Waals surface area (Å²) >= 11 is 0. The highest BCUT2D eigenvalue weighted by Crippen LogP contribution is 2.44. The third-order valence-electron chi connectivity index (χ3n) is 7.01. The maximum atomic E-state index is 12.4. The monoisotopic (exact) mass is 396 g/mol. The van der Waals surface area contributed by atoms with Gasteiger partial charge in [-0.25, -0.2) is 0 Å². The number of carbonyl (C=O) groups is 1. The van der Waals surface area contributed by atoms with E-state index in [2.05, 4.69) is 39.9 Å². The summed E-state index contributed by atoms with van der Waals surface area (Å²) in [5.74, 6) is 3.32. The number of benzene rings is 1. The van der Waals surface area contributed by atoms with Crippen LogP contribution in [0.25, 0.3) is 0 Å². The van der Waals surface area contributed by atoms with Gasteiger partial charge in [-0.05, 0) is 30.2 Å². The van der Waals surface area contributed by atoms with Gasteiger partial charge in [-0.3, -0.25) is 9.79 Å². The lowest BCUT2D eigenvalue weighted by atomic mass is 9.85. The minimum absolute atomic E-state index is 0.287. The van der Waals surface area contributed by atoms with Crippen LogP contribution in [0.4, 0.5) is 0 Å². The molecule has 3 atom stereocenters. The number of nitrogens with zero attached hydrogens (tertiary/aromatic N) is 2. The smallest absolute Gasteiger partial charge is 0.223 e. The zero-order valence-electron chi connectivity index (χ0n) is 17.8. The molecule has 0 aromatic heterocycles. The zero-order chi connectivity index (χ0) is 20.1. The number of hydrogen-bond donors (Lipinski definition) is 2. The van der Waals surface area contributed by atoms with Crippen LogP contribution in [-0.2, 0) is 11.2 Å². The average molecular weight is 397 g/mol.